The smallest absolute Gasteiger partial charge is 0.198 e. The van der Waals surface area contributed by atoms with Crippen molar-refractivity contribution in [1.82, 2.24) is 5.16 Å². The topological polar surface area (TPSA) is 81.8 Å². The largest absolute Gasteiger partial charge is 0.493 e. The van der Waals surface area contributed by atoms with Crippen LogP contribution in [0.4, 0.5) is 0 Å². The summed E-state index contributed by atoms with van der Waals surface area (Å²) in [5, 5.41) is 14.9. The lowest BCUT2D eigenvalue weighted by atomic mass is 9.87. The molecule has 0 bridgehead atoms. The average Bonchev–Trinajstić information content (AvgIpc) is 3.22. The zero-order valence-electron chi connectivity index (χ0n) is 16.5. The number of aliphatic hydroxyl groups excluding tert-OH is 1. The van der Waals surface area contributed by atoms with Crippen LogP contribution in [-0.4, -0.2) is 23.2 Å². The molecule has 30 heavy (non-hydrogen) atoms. The molecule has 0 fully saturated rings. The van der Waals surface area contributed by atoms with Crippen molar-refractivity contribution >= 4 is 16.7 Å². The van der Waals surface area contributed by atoms with E-state index in [1.54, 1.807) is 36.4 Å². The van der Waals surface area contributed by atoms with Gasteiger partial charge in [0.05, 0.1) is 24.2 Å². The van der Waals surface area contributed by atoms with Gasteiger partial charge in [0, 0.05) is 11.1 Å². The number of carbonyl (C=O) groups excluding carboxylic acids is 1. The van der Waals surface area contributed by atoms with E-state index in [0.717, 1.165) is 11.1 Å². The van der Waals surface area contributed by atoms with E-state index < -0.39 is 6.10 Å². The standard InChI is InChI=1S/C24H19NO5/c1-3-17(26)13-8-10-18(20(12-13)28-2)29-19-11-9-16-21-22(19)23(27)14-6-4-5-7-15(14)24(21)30-25-16/h4-12,17,26H,3H2,1-2H3/t17-/m0/s1. The lowest BCUT2D eigenvalue weighted by Crippen LogP contribution is -2.10. The summed E-state index contributed by atoms with van der Waals surface area (Å²) in [4.78, 5) is 13.3. The quantitative estimate of drug-likeness (QED) is 0.431. The molecule has 1 aromatic heterocycles. The van der Waals surface area contributed by atoms with Crippen LogP contribution in [0.2, 0.25) is 0 Å². The monoisotopic (exact) mass is 401 g/mol. The number of hydrogen-bond acceptors (Lipinski definition) is 6. The van der Waals surface area contributed by atoms with Crippen molar-refractivity contribution in [3.05, 3.63) is 71.3 Å². The molecule has 1 aliphatic rings. The Morgan fingerprint density at radius 3 is 2.57 bits per heavy atom. The number of rotatable bonds is 5. The van der Waals surface area contributed by atoms with E-state index in [2.05, 4.69) is 5.16 Å². The second kappa shape index (κ2) is 7.00. The zero-order chi connectivity index (χ0) is 20.8. The Kier molecular flexibility index (Phi) is 4.29. The summed E-state index contributed by atoms with van der Waals surface area (Å²) in [7, 11) is 1.54. The zero-order valence-corrected chi connectivity index (χ0v) is 16.5. The maximum absolute atomic E-state index is 13.3. The maximum atomic E-state index is 13.3. The van der Waals surface area contributed by atoms with E-state index in [1.165, 1.54) is 7.11 Å². The number of ketones is 1. The van der Waals surface area contributed by atoms with Crippen LogP contribution in [0, 0.1) is 0 Å². The van der Waals surface area contributed by atoms with Crippen LogP contribution in [-0.2, 0) is 0 Å². The molecule has 0 aliphatic heterocycles. The molecule has 6 heteroatoms. The van der Waals surface area contributed by atoms with Gasteiger partial charge in [0.2, 0.25) is 0 Å². The summed E-state index contributed by atoms with van der Waals surface area (Å²) in [6, 6.07) is 16.1. The summed E-state index contributed by atoms with van der Waals surface area (Å²) in [6.07, 6.45) is 0.0112. The minimum Gasteiger partial charge on any atom is -0.493 e. The summed E-state index contributed by atoms with van der Waals surface area (Å²) < 4.78 is 17.2. The van der Waals surface area contributed by atoms with E-state index in [1.807, 2.05) is 25.1 Å². The molecule has 1 aliphatic carbocycles. The van der Waals surface area contributed by atoms with Gasteiger partial charge in [0.1, 0.15) is 11.3 Å². The van der Waals surface area contributed by atoms with Gasteiger partial charge >= 0.3 is 0 Å². The maximum Gasteiger partial charge on any atom is 0.198 e. The molecule has 0 radical (unpaired) electrons. The first-order chi connectivity index (χ1) is 14.6. The fourth-order valence-corrected chi connectivity index (χ4v) is 3.86. The van der Waals surface area contributed by atoms with Crippen LogP contribution >= 0.6 is 0 Å². The molecular formula is C24H19NO5. The summed E-state index contributed by atoms with van der Waals surface area (Å²) in [6.45, 7) is 1.90. The average molecular weight is 401 g/mol. The molecule has 0 spiro atoms. The molecule has 0 unspecified atom stereocenters. The number of aromatic nitrogens is 1. The SMILES string of the molecule is CC[C@H](O)c1ccc(Oc2ccc3noc4c3c2C(=O)c2ccccc2-4)c(OC)c1. The van der Waals surface area contributed by atoms with Gasteiger partial charge in [-0.3, -0.25) is 4.79 Å². The van der Waals surface area contributed by atoms with Crippen molar-refractivity contribution in [1.29, 1.82) is 0 Å². The van der Waals surface area contributed by atoms with E-state index in [-0.39, 0.29) is 5.78 Å². The Hall–Kier alpha value is -3.64. The van der Waals surface area contributed by atoms with Crippen LogP contribution in [0.5, 0.6) is 17.2 Å². The molecule has 1 heterocycles. The molecule has 1 atom stereocenters. The highest BCUT2D eigenvalue weighted by molar-refractivity contribution is 6.26. The first-order valence-corrected chi connectivity index (χ1v) is 9.72. The van der Waals surface area contributed by atoms with Gasteiger partial charge in [0.25, 0.3) is 0 Å². The fraction of sp³-hybridized carbons (Fsp3) is 0.167. The Bertz CT molecular complexity index is 1290. The highest BCUT2D eigenvalue weighted by Crippen LogP contribution is 2.45. The highest BCUT2D eigenvalue weighted by atomic mass is 16.5. The first-order valence-electron chi connectivity index (χ1n) is 9.72. The van der Waals surface area contributed by atoms with Crippen LogP contribution in [0.25, 0.3) is 22.2 Å². The second-order valence-corrected chi connectivity index (χ2v) is 7.16. The molecule has 0 saturated heterocycles. The van der Waals surface area contributed by atoms with E-state index in [4.69, 9.17) is 14.0 Å². The van der Waals surface area contributed by atoms with Crippen molar-refractivity contribution in [2.24, 2.45) is 0 Å². The Labute approximate surface area is 172 Å². The van der Waals surface area contributed by atoms with Gasteiger partial charge in [-0.15, -0.1) is 0 Å². The number of carbonyl (C=O) groups is 1. The van der Waals surface area contributed by atoms with Gasteiger partial charge in [0.15, 0.2) is 23.0 Å². The Balaban J connectivity index is 1.65. The van der Waals surface area contributed by atoms with Crippen molar-refractivity contribution < 1.29 is 23.9 Å². The highest BCUT2D eigenvalue weighted by Gasteiger charge is 2.32. The minimum absolute atomic E-state index is 0.140. The van der Waals surface area contributed by atoms with Gasteiger partial charge in [-0.2, -0.15) is 0 Å². The van der Waals surface area contributed by atoms with Gasteiger partial charge < -0.3 is 19.1 Å². The van der Waals surface area contributed by atoms with Gasteiger partial charge in [-0.1, -0.05) is 42.4 Å². The third kappa shape index (κ3) is 2.69. The third-order valence-electron chi connectivity index (χ3n) is 5.43. The number of nitrogens with zero attached hydrogens (tertiary/aromatic N) is 1. The Morgan fingerprint density at radius 2 is 1.80 bits per heavy atom. The van der Waals surface area contributed by atoms with Crippen LogP contribution in [0.15, 0.2) is 59.1 Å². The number of ether oxygens (including phenoxy) is 2. The molecule has 150 valence electrons. The van der Waals surface area contributed by atoms with Crippen molar-refractivity contribution in [2.45, 2.75) is 19.4 Å². The van der Waals surface area contributed by atoms with Gasteiger partial charge in [-0.05, 0) is 36.2 Å². The second-order valence-electron chi connectivity index (χ2n) is 7.16. The van der Waals surface area contributed by atoms with Crippen molar-refractivity contribution in [2.75, 3.05) is 7.11 Å². The predicted molar refractivity (Wildman–Crippen MR) is 111 cm³/mol. The normalized spacial score (nSPS) is 13.2. The fourth-order valence-electron chi connectivity index (χ4n) is 3.86. The van der Waals surface area contributed by atoms with Crippen molar-refractivity contribution in [3.8, 4) is 28.6 Å². The third-order valence-corrected chi connectivity index (χ3v) is 5.43. The lowest BCUT2D eigenvalue weighted by Gasteiger charge is -2.18. The molecular weight excluding hydrogens is 382 g/mol. The van der Waals surface area contributed by atoms with Crippen LogP contribution in [0.1, 0.15) is 40.9 Å². The lowest BCUT2D eigenvalue weighted by molar-refractivity contribution is 0.103. The molecule has 6 nitrogen and oxygen atoms in total. The van der Waals surface area contributed by atoms with E-state index in [9.17, 15) is 9.90 Å². The summed E-state index contributed by atoms with van der Waals surface area (Å²) in [5.74, 6) is 1.74. The molecule has 4 aromatic rings. The molecule has 1 N–H and O–H groups in total. The predicted octanol–water partition coefficient (Wildman–Crippen LogP) is 5.28. The summed E-state index contributed by atoms with van der Waals surface area (Å²) >= 11 is 0. The van der Waals surface area contributed by atoms with Crippen molar-refractivity contribution in [3.63, 3.8) is 0 Å². The number of benzene rings is 3. The van der Waals surface area contributed by atoms with Gasteiger partial charge in [-0.25, -0.2) is 0 Å². The number of fused-ring (bicyclic) bond motifs is 2. The summed E-state index contributed by atoms with van der Waals surface area (Å²) in [5.41, 5.74) is 3.04. The van der Waals surface area contributed by atoms with E-state index in [0.29, 0.717) is 51.5 Å². The molecule has 0 amide bonds. The number of hydrogen-bond donors (Lipinski definition) is 1. The minimum atomic E-state index is -0.580. The van der Waals surface area contributed by atoms with E-state index >= 15 is 0 Å². The molecule has 3 aromatic carbocycles. The molecule has 5 rings (SSSR count). The first kappa shape index (κ1) is 18.4. The number of aliphatic hydroxyl groups is 1. The van der Waals surface area contributed by atoms with Crippen LogP contribution in [0.3, 0.4) is 0 Å². The molecule has 0 saturated carbocycles. The number of methoxy groups -OCH3 is 1. The van der Waals surface area contributed by atoms with Crippen LogP contribution < -0.4 is 9.47 Å². The Morgan fingerprint density at radius 1 is 1.03 bits per heavy atom.